The van der Waals surface area contributed by atoms with Crippen LogP contribution >= 0.6 is 23.2 Å². The van der Waals surface area contributed by atoms with Crippen LogP contribution in [0.25, 0.3) is 0 Å². The van der Waals surface area contributed by atoms with Crippen molar-refractivity contribution >= 4 is 40.7 Å². The van der Waals surface area contributed by atoms with Crippen molar-refractivity contribution in [2.45, 2.75) is 12.5 Å². The highest BCUT2D eigenvalue weighted by Gasteiger charge is 2.36. The fourth-order valence-corrected chi connectivity index (χ4v) is 2.17. The molecule has 0 saturated carbocycles. The third kappa shape index (κ3) is 3.33. The minimum atomic E-state index is -1.13. The molecule has 0 spiro atoms. The summed E-state index contributed by atoms with van der Waals surface area (Å²) in [6.45, 7) is 0.365. The molecule has 0 bridgehead atoms. The summed E-state index contributed by atoms with van der Waals surface area (Å²) in [4.78, 5) is 23.4. The van der Waals surface area contributed by atoms with Crippen molar-refractivity contribution < 1.29 is 14.7 Å². The van der Waals surface area contributed by atoms with Gasteiger partial charge in [0.25, 0.3) is 5.91 Å². The van der Waals surface area contributed by atoms with Gasteiger partial charge in [-0.3, -0.25) is 20.4 Å². The lowest BCUT2D eigenvalue weighted by atomic mass is 9.95. The molecule has 8 heteroatoms. The molecule has 1 aliphatic heterocycles. The van der Waals surface area contributed by atoms with Crippen molar-refractivity contribution in [3.8, 4) is 0 Å². The van der Waals surface area contributed by atoms with Gasteiger partial charge in [-0.25, -0.2) is 0 Å². The third-order valence-electron chi connectivity index (χ3n) is 2.94. The highest BCUT2D eigenvalue weighted by Crippen LogP contribution is 2.24. The maximum Gasteiger partial charge on any atom is 0.253 e. The van der Waals surface area contributed by atoms with Crippen LogP contribution in [-0.2, 0) is 9.59 Å². The van der Waals surface area contributed by atoms with E-state index in [1.807, 2.05) is 0 Å². The number of benzene rings is 1. The minimum Gasteiger partial charge on any atom is -0.392 e. The number of amides is 2. The normalized spacial score (nSPS) is 22.1. The molecule has 2 atom stereocenters. The van der Waals surface area contributed by atoms with E-state index < -0.39 is 23.8 Å². The summed E-state index contributed by atoms with van der Waals surface area (Å²) >= 11 is 11.6. The van der Waals surface area contributed by atoms with Crippen molar-refractivity contribution in [1.82, 2.24) is 10.7 Å². The van der Waals surface area contributed by atoms with Crippen LogP contribution in [0.15, 0.2) is 18.2 Å². The second kappa shape index (κ2) is 6.30. The van der Waals surface area contributed by atoms with Crippen LogP contribution in [-0.4, -0.2) is 29.6 Å². The molecule has 2 amide bonds. The molecule has 6 nitrogen and oxygen atoms in total. The quantitative estimate of drug-likeness (QED) is 0.493. The van der Waals surface area contributed by atoms with Gasteiger partial charge < -0.3 is 10.4 Å². The number of carbonyl (C=O) groups is 2. The highest BCUT2D eigenvalue weighted by molar-refractivity contribution is 6.42. The minimum absolute atomic E-state index is 0.335. The average Bonchev–Trinajstić information content (AvgIpc) is 2.40. The Bertz CT molecular complexity index is 539. The Morgan fingerprint density at radius 2 is 2.10 bits per heavy atom. The zero-order chi connectivity index (χ0) is 14.7. The van der Waals surface area contributed by atoms with Crippen molar-refractivity contribution in [2.75, 3.05) is 12.0 Å². The summed E-state index contributed by atoms with van der Waals surface area (Å²) in [6.07, 6.45) is -0.643. The van der Waals surface area contributed by atoms with E-state index in [0.717, 1.165) is 0 Å². The van der Waals surface area contributed by atoms with Gasteiger partial charge in [0, 0.05) is 6.54 Å². The van der Waals surface area contributed by atoms with E-state index in [9.17, 15) is 14.7 Å². The van der Waals surface area contributed by atoms with Crippen molar-refractivity contribution in [2.24, 2.45) is 5.92 Å². The van der Waals surface area contributed by atoms with Gasteiger partial charge >= 0.3 is 0 Å². The molecule has 2 rings (SSSR count). The zero-order valence-corrected chi connectivity index (χ0v) is 11.8. The molecular formula is C12H13Cl2N3O3. The number of hydrazine groups is 1. The van der Waals surface area contributed by atoms with Crippen LogP contribution in [0.3, 0.4) is 0 Å². The maximum absolute atomic E-state index is 11.9. The first-order valence-electron chi connectivity index (χ1n) is 5.95. The number of rotatable bonds is 3. The first-order valence-corrected chi connectivity index (χ1v) is 6.71. The fourth-order valence-electron chi connectivity index (χ4n) is 1.87. The van der Waals surface area contributed by atoms with E-state index in [-0.39, 0.29) is 0 Å². The number of piperidine rings is 1. The molecule has 0 aliphatic carbocycles. The standard InChI is InChI=1S/C12H13Cl2N3O3/c13-7-2-1-6(5-8(7)14)16-17-12(20)10-9(18)3-4-15-11(10)19/h1-2,5,9-10,16,18H,3-4H2,(H,15,19)(H,17,20). The van der Waals surface area contributed by atoms with Crippen LogP contribution in [0.5, 0.6) is 0 Å². The summed E-state index contributed by atoms with van der Waals surface area (Å²) in [5.41, 5.74) is 5.49. The van der Waals surface area contributed by atoms with Crippen LogP contribution < -0.4 is 16.2 Å². The van der Waals surface area contributed by atoms with Gasteiger partial charge in [-0.2, -0.15) is 0 Å². The zero-order valence-electron chi connectivity index (χ0n) is 10.3. The molecule has 4 N–H and O–H groups in total. The highest BCUT2D eigenvalue weighted by atomic mass is 35.5. The molecule has 0 aromatic heterocycles. The molecular weight excluding hydrogens is 305 g/mol. The van der Waals surface area contributed by atoms with Gasteiger partial charge in [0.15, 0.2) is 0 Å². The predicted octanol–water partition coefficient (Wildman–Crippen LogP) is 0.934. The predicted molar refractivity (Wildman–Crippen MR) is 75.4 cm³/mol. The third-order valence-corrected chi connectivity index (χ3v) is 3.68. The van der Waals surface area contributed by atoms with Crippen LogP contribution in [0.4, 0.5) is 5.69 Å². The van der Waals surface area contributed by atoms with Gasteiger partial charge in [0.1, 0.15) is 5.92 Å². The lowest BCUT2D eigenvalue weighted by molar-refractivity contribution is -0.142. The first-order chi connectivity index (χ1) is 9.49. The van der Waals surface area contributed by atoms with E-state index in [1.165, 1.54) is 6.07 Å². The summed E-state index contributed by atoms with van der Waals surface area (Å²) in [5.74, 6) is -2.23. The van der Waals surface area contributed by atoms with E-state index in [1.54, 1.807) is 12.1 Å². The van der Waals surface area contributed by atoms with Crippen LogP contribution in [0.1, 0.15) is 6.42 Å². The molecule has 20 heavy (non-hydrogen) atoms. The lowest BCUT2D eigenvalue weighted by Crippen LogP contribution is -2.52. The van der Waals surface area contributed by atoms with Gasteiger partial charge in [-0.15, -0.1) is 0 Å². The summed E-state index contributed by atoms with van der Waals surface area (Å²) in [7, 11) is 0. The summed E-state index contributed by atoms with van der Waals surface area (Å²) < 4.78 is 0. The Morgan fingerprint density at radius 3 is 2.75 bits per heavy atom. The molecule has 108 valence electrons. The Labute approximate surface area is 125 Å². The van der Waals surface area contributed by atoms with Crippen molar-refractivity contribution in [3.63, 3.8) is 0 Å². The summed E-state index contributed by atoms with van der Waals surface area (Å²) in [6, 6.07) is 4.72. The SMILES string of the molecule is O=C1NCCC(O)C1C(=O)NNc1ccc(Cl)c(Cl)c1. The Balaban J connectivity index is 1.97. The number of nitrogens with one attached hydrogen (secondary N) is 3. The molecule has 1 heterocycles. The number of anilines is 1. The Kier molecular flexibility index (Phi) is 4.69. The van der Waals surface area contributed by atoms with Crippen LogP contribution in [0, 0.1) is 5.92 Å². The van der Waals surface area contributed by atoms with E-state index in [4.69, 9.17) is 23.2 Å². The Hall–Kier alpha value is -1.50. The molecule has 1 aliphatic rings. The second-order valence-electron chi connectivity index (χ2n) is 4.37. The molecule has 1 aromatic carbocycles. The van der Waals surface area contributed by atoms with Gasteiger partial charge in [0.2, 0.25) is 5.91 Å². The molecule has 0 radical (unpaired) electrons. The lowest BCUT2D eigenvalue weighted by Gasteiger charge is -2.26. The molecule has 1 aromatic rings. The number of carbonyl (C=O) groups excluding carboxylic acids is 2. The fraction of sp³-hybridized carbons (Fsp3) is 0.333. The number of hydrogen-bond acceptors (Lipinski definition) is 4. The van der Waals surface area contributed by atoms with Crippen molar-refractivity contribution in [1.29, 1.82) is 0 Å². The van der Waals surface area contributed by atoms with Crippen molar-refractivity contribution in [3.05, 3.63) is 28.2 Å². The maximum atomic E-state index is 11.9. The first kappa shape index (κ1) is 14.9. The average molecular weight is 318 g/mol. The molecule has 1 saturated heterocycles. The van der Waals surface area contributed by atoms with E-state index in [0.29, 0.717) is 28.7 Å². The molecule has 1 fully saturated rings. The smallest absolute Gasteiger partial charge is 0.253 e. The monoisotopic (exact) mass is 317 g/mol. The summed E-state index contributed by atoms with van der Waals surface area (Å²) in [5, 5.41) is 13.0. The largest absolute Gasteiger partial charge is 0.392 e. The van der Waals surface area contributed by atoms with Gasteiger partial charge in [-0.1, -0.05) is 23.2 Å². The second-order valence-corrected chi connectivity index (χ2v) is 5.18. The van der Waals surface area contributed by atoms with E-state index in [2.05, 4.69) is 16.2 Å². The van der Waals surface area contributed by atoms with E-state index >= 15 is 0 Å². The number of aliphatic hydroxyl groups is 1. The number of halogens is 2. The number of hydrogen-bond donors (Lipinski definition) is 4. The number of aliphatic hydroxyl groups excluding tert-OH is 1. The van der Waals surface area contributed by atoms with Crippen LogP contribution in [0.2, 0.25) is 10.0 Å². The topological polar surface area (TPSA) is 90.5 Å². The molecule has 2 unspecified atom stereocenters. The Morgan fingerprint density at radius 1 is 1.35 bits per heavy atom. The van der Waals surface area contributed by atoms with Gasteiger partial charge in [-0.05, 0) is 24.6 Å². The van der Waals surface area contributed by atoms with Gasteiger partial charge in [0.05, 0.1) is 21.8 Å².